The molecule has 2 atom stereocenters. The first-order valence-electron chi connectivity index (χ1n) is 3.44. The Bertz CT molecular complexity index is 282. The Labute approximate surface area is 72.9 Å². The lowest BCUT2D eigenvalue weighted by Gasteiger charge is -2.12. The molecule has 1 N–H and O–H groups in total. The van der Waals surface area contributed by atoms with Crippen molar-refractivity contribution >= 4 is 10.4 Å². The van der Waals surface area contributed by atoms with Crippen LogP contribution in [0, 0.1) is 17.8 Å². The molecule has 0 spiro atoms. The van der Waals surface area contributed by atoms with E-state index in [2.05, 4.69) is 16.0 Å². The third-order valence-electron chi connectivity index (χ3n) is 1.35. The second-order valence-corrected chi connectivity index (χ2v) is 3.46. The van der Waals surface area contributed by atoms with Gasteiger partial charge in [0.2, 0.25) is 0 Å². The van der Waals surface area contributed by atoms with Crippen LogP contribution in [0.25, 0.3) is 0 Å². The average molecular weight is 192 g/mol. The Kier molecular flexibility index (Phi) is 4.24. The molecule has 0 heterocycles. The molecule has 0 amide bonds. The number of hydrogen-bond acceptors (Lipinski definition) is 3. The molecule has 4 nitrogen and oxygen atoms in total. The topological polar surface area (TPSA) is 63.6 Å². The molecule has 70 valence electrons. The van der Waals surface area contributed by atoms with Crippen molar-refractivity contribution in [2.45, 2.75) is 26.9 Å². The van der Waals surface area contributed by atoms with Crippen molar-refractivity contribution in [1.29, 1.82) is 0 Å². The third-order valence-corrected chi connectivity index (χ3v) is 1.90. The van der Waals surface area contributed by atoms with Gasteiger partial charge in [-0.1, -0.05) is 5.92 Å². The summed E-state index contributed by atoms with van der Waals surface area (Å²) >= 11 is 0. The molecule has 0 aliphatic rings. The van der Waals surface area contributed by atoms with Gasteiger partial charge in [-0.15, -0.1) is 5.92 Å². The van der Waals surface area contributed by atoms with Crippen molar-refractivity contribution in [3.8, 4) is 11.8 Å². The summed E-state index contributed by atoms with van der Waals surface area (Å²) in [6.45, 7) is 4.89. The predicted molar refractivity (Wildman–Crippen MR) is 44.7 cm³/mol. The quantitative estimate of drug-likeness (QED) is 0.532. The summed E-state index contributed by atoms with van der Waals surface area (Å²) in [5.74, 6) is 5.12. The van der Waals surface area contributed by atoms with Crippen LogP contribution in [-0.2, 0) is 14.6 Å². The van der Waals surface area contributed by atoms with Crippen LogP contribution >= 0.6 is 0 Å². The Morgan fingerprint density at radius 2 is 1.92 bits per heavy atom. The van der Waals surface area contributed by atoms with Crippen LogP contribution in [0.1, 0.15) is 20.8 Å². The molecule has 0 bridgehead atoms. The number of hydrogen-bond donors (Lipinski definition) is 1. The summed E-state index contributed by atoms with van der Waals surface area (Å²) in [6, 6.07) is 0. The molecule has 0 radical (unpaired) electrons. The second kappa shape index (κ2) is 4.45. The van der Waals surface area contributed by atoms with Gasteiger partial charge in [-0.05, 0) is 20.8 Å². The molecule has 5 heteroatoms. The molecule has 0 aromatic carbocycles. The molecular weight excluding hydrogens is 180 g/mol. The highest BCUT2D eigenvalue weighted by atomic mass is 32.3. The molecular formula is C7H12O4S. The SMILES string of the molecule is CC#C[C@H](C)C(C)OS(=O)(=O)O. The van der Waals surface area contributed by atoms with E-state index in [0.29, 0.717) is 0 Å². The monoisotopic (exact) mass is 192 g/mol. The van der Waals surface area contributed by atoms with Gasteiger partial charge in [0.05, 0.1) is 6.10 Å². The fraction of sp³-hybridized carbons (Fsp3) is 0.714. The fourth-order valence-corrected chi connectivity index (χ4v) is 1.17. The minimum absolute atomic E-state index is 0.225. The molecule has 0 aromatic heterocycles. The van der Waals surface area contributed by atoms with E-state index >= 15 is 0 Å². The summed E-state index contributed by atoms with van der Waals surface area (Å²) in [6.07, 6.45) is -0.632. The first-order chi connectivity index (χ1) is 5.37. The lowest BCUT2D eigenvalue weighted by atomic mass is 10.1. The summed E-state index contributed by atoms with van der Waals surface area (Å²) in [5, 5.41) is 0. The molecule has 1 unspecified atom stereocenters. The number of rotatable bonds is 3. The Hall–Kier alpha value is -0.570. The van der Waals surface area contributed by atoms with Crippen molar-refractivity contribution < 1.29 is 17.2 Å². The minimum Gasteiger partial charge on any atom is -0.264 e. The van der Waals surface area contributed by atoms with E-state index in [4.69, 9.17) is 4.55 Å². The van der Waals surface area contributed by atoms with Crippen LogP contribution in [0.2, 0.25) is 0 Å². The molecule has 0 aromatic rings. The summed E-state index contributed by atoms with van der Waals surface area (Å²) in [7, 11) is -4.35. The standard InChI is InChI=1S/C7H12O4S/c1-4-5-6(2)7(3)11-12(8,9)10/h6-7H,1-3H3,(H,8,9,10)/t6-,7?/m0/s1. The summed E-state index contributed by atoms with van der Waals surface area (Å²) in [5.41, 5.74) is 0. The van der Waals surface area contributed by atoms with Crippen molar-refractivity contribution in [2.75, 3.05) is 0 Å². The maximum atomic E-state index is 10.2. The molecule has 0 aliphatic heterocycles. The highest BCUT2D eigenvalue weighted by molar-refractivity contribution is 7.80. The normalized spacial score (nSPS) is 16.0. The predicted octanol–water partition coefficient (Wildman–Crippen LogP) is 0.854. The van der Waals surface area contributed by atoms with Crippen molar-refractivity contribution in [1.82, 2.24) is 0 Å². The fourth-order valence-electron chi connectivity index (χ4n) is 0.620. The molecule has 0 fully saturated rings. The minimum atomic E-state index is -4.35. The van der Waals surface area contributed by atoms with Crippen LogP contribution < -0.4 is 0 Å². The van der Waals surface area contributed by atoms with Gasteiger partial charge < -0.3 is 0 Å². The largest absolute Gasteiger partial charge is 0.397 e. The van der Waals surface area contributed by atoms with Crippen molar-refractivity contribution in [3.63, 3.8) is 0 Å². The molecule has 12 heavy (non-hydrogen) atoms. The van der Waals surface area contributed by atoms with E-state index in [-0.39, 0.29) is 5.92 Å². The van der Waals surface area contributed by atoms with Crippen LogP contribution in [-0.4, -0.2) is 19.1 Å². The molecule has 0 aliphatic carbocycles. The van der Waals surface area contributed by atoms with Crippen LogP contribution in [0.5, 0.6) is 0 Å². The summed E-state index contributed by atoms with van der Waals surface area (Å²) in [4.78, 5) is 0. The van der Waals surface area contributed by atoms with Crippen molar-refractivity contribution in [3.05, 3.63) is 0 Å². The maximum Gasteiger partial charge on any atom is 0.397 e. The highest BCUT2D eigenvalue weighted by Gasteiger charge is 2.16. The van der Waals surface area contributed by atoms with E-state index in [9.17, 15) is 8.42 Å². The van der Waals surface area contributed by atoms with Gasteiger partial charge in [-0.2, -0.15) is 8.42 Å². The Morgan fingerprint density at radius 3 is 2.25 bits per heavy atom. The zero-order valence-corrected chi connectivity index (χ0v) is 8.05. The molecule has 0 saturated heterocycles. The zero-order valence-electron chi connectivity index (χ0n) is 7.23. The van der Waals surface area contributed by atoms with Gasteiger partial charge in [0.1, 0.15) is 0 Å². The summed E-state index contributed by atoms with van der Waals surface area (Å²) < 4.78 is 33.1. The second-order valence-electron chi connectivity index (χ2n) is 2.41. The third kappa shape index (κ3) is 5.13. The van der Waals surface area contributed by atoms with E-state index in [1.807, 2.05) is 0 Å². The highest BCUT2D eigenvalue weighted by Crippen LogP contribution is 2.07. The maximum absolute atomic E-state index is 10.2. The Morgan fingerprint density at radius 1 is 1.42 bits per heavy atom. The van der Waals surface area contributed by atoms with Crippen LogP contribution in [0.15, 0.2) is 0 Å². The Balaban J connectivity index is 4.20. The van der Waals surface area contributed by atoms with Gasteiger partial charge in [0, 0.05) is 5.92 Å². The first-order valence-corrected chi connectivity index (χ1v) is 4.81. The van der Waals surface area contributed by atoms with Gasteiger partial charge in [0.25, 0.3) is 0 Å². The van der Waals surface area contributed by atoms with Gasteiger partial charge in [0.15, 0.2) is 0 Å². The van der Waals surface area contributed by atoms with Crippen molar-refractivity contribution in [2.24, 2.45) is 5.92 Å². The van der Waals surface area contributed by atoms with Gasteiger partial charge in [-0.25, -0.2) is 4.18 Å². The first kappa shape index (κ1) is 11.4. The lowest BCUT2D eigenvalue weighted by molar-refractivity contribution is 0.169. The van der Waals surface area contributed by atoms with Crippen LogP contribution in [0.3, 0.4) is 0 Å². The van der Waals surface area contributed by atoms with Gasteiger partial charge >= 0.3 is 10.4 Å². The van der Waals surface area contributed by atoms with Crippen LogP contribution in [0.4, 0.5) is 0 Å². The van der Waals surface area contributed by atoms with E-state index in [0.717, 1.165) is 0 Å². The molecule has 0 saturated carbocycles. The van der Waals surface area contributed by atoms with E-state index < -0.39 is 16.5 Å². The smallest absolute Gasteiger partial charge is 0.264 e. The average Bonchev–Trinajstić information content (AvgIpc) is 1.84. The molecule has 0 rings (SSSR count). The lowest BCUT2D eigenvalue weighted by Crippen LogP contribution is -2.20. The van der Waals surface area contributed by atoms with E-state index in [1.54, 1.807) is 13.8 Å². The zero-order chi connectivity index (χ0) is 9.78. The van der Waals surface area contributed by atoms with Gasteiger partial charge in [-0.3, -0.25) is 4.55 Å². The van der Waals surface area contributed by atoms with E-state index in [1.165, 1.54) is 6.92 Å².